The van der Waals surface area contributed by atoms with Gasteiger partial charge in [0.2, 0.25) is 6.41 Å². The minimum Gasteiger partial charge on any atom is -0.495 e. The van der Waals surface area contributed by atoms with Crippen LogP contribution in [0.15, 0.2) is 24.3 Å². The van der Waals surface area contributed by atoms with Gasteiger partial charge >= 0.3 is 6.09 Å². The summed E-state index contributed by atoms with van der Waals surface area (Å²) < 4.78 is 10.8. The van der Waals surface area contributed by atoms with Crippen molar-refractivity contribution in [1.29, 1.82) is 0 Å². The Labute approximate surface area is 143 Å². The third kappa shape index (κ3) is 4.40. The molecule has 2 amide bonds. The maximum absolute atomic E-state index is 12.1. The van der Waals surface area contributed by atoms with Crippen molar-refractivity contribution >= 4 is 18.2 Å². The summed E-state index contributed by atoms with van der Waals surface area (Å²) in [4.78, 5) is 27.2. The number of amides is 2. The lowest BCUT2D eigenvalue weighted by atomic mass is 10.0. The maximum Gasteiger partial charge on any atom is 0.410 e. The highest BCUT2D eigenvalue weighted by Crippen LogP contribution is 2.31. The number of benzene rings is 1. The molecule has 0 bridgehead atoms. The Bertz CT molecular complexity index is 575. The second-order valence-electron chi connectivity index (χ2n) is 6.88. The van der Waals surface area contributed by atoms with E-state index >= 15 is 0 Å². The molecule has 1 aromatic carbocycles. The van der Waals surface area contributed by atoms with Crippen molar-refractivity contribution < 1.29 is 19.1 Å². The van der Waals surface area contributed by atoms with Gasteiger partial charge in [0.05, 0.1) is 12.8 Å². The van der Waals surface area contributed by atoms with Crippen molar-refractivity contribution in [3.05, 3.63) is 24.3 Å². The van der Waals surface area contributed by atoms with Crippen molar-refractivity contribution in [3.8, 4) is 5.75 Å². The number of likely N-dealkylation sites (tertiary alicyclic amines) is 1. The zero-order valence-corrected chi connectivity index (χ0v) is 14.8. The summed E-state index contributed by atoms with van der Waals surface area (Å²) in [6.45, 7) is 6.70. The van der Waals surface area contributed by atoms with E-state index < -0.39 is 5.60 Å². The Morgan fingerprint density at radius 3 is 2.42 bits per heavy atom. The van der Waals surface area contributed by atoms with E-state index in [2.05, 4.69) is 0 Å². The Balaban J connectivity index is 2.02. The molecule has 0 N–H and O–H groups in total. The molecule has 0 spiro atoms. The third-order valence-corrected chi connectivity index (χ3v) is 3.99. The number of hydrogen-bond donors (Lipinski definition) is 0. The molecule has 1 heterocycles. The number of anilines is 1. The van der Waals surface area contributed by atoms with E-state index in [9.17, 15) is 9.59 Å². The topological polar surface area (TPSA) is 59.1 Å². The fourth-order valence-corrected chi connectivity index (χ4v) is 2.84. The van der Waals surface area contributed by atoms with E-state index in [1.54, 1.807) is 16.9 Å². The van der Waals surface area contributed by atoms with Crippen LogP contribution in [0.4, 0.5) is 10.5 Å². The molecule has 0 unspecified atom stereocenters. The van der Waals surface area contributed by atoms with Gasteiger partial charge in [0.25, 0.3) is 0 Å². The Morgan fingerprint density at radius 2 is 1.88 bits per heavy atom. The van der Waals surface area contributed by atoms with Crippen LogP contribution in [0.5, 0.6) is 5.75 Å². The number of carbonyl (C=O) groups is 2. The lowest BCUT2D eigenvalue weighted by Gasteiger charge is -2.37. The molecular formula is C18H26N2O4. The Morgan fingerprint density at radius 1 is 1.25 bits per heavy atom. The predicted molar refractivity (Wildman–Crippen MR) is 92.4 cm³/mol. The quantitative estimate of drug-likeness (QED) is 0.794. The summed E-state index contributed by atoms with van der Waals surface area (Å²) in [6, 6.07) is 7.49. The molecule has 1 aliphatic rings. The van der Waals surface area contributed by atoms with Crippen molar-refractivity contribution in [2.75, 3.05) is 25.1 Å². The zero-order valence-electron chi connectivity index (χ0n) is 14.8. The molecule has 24 heavy (non-hydrogen) atoms. The first-order valence-electron chi connectivity index (χ1n) is 8.20. The first-order valence-corrected chi connectivity index (χ1v) is 8.20. The van der Waals surface area contributed by atoms with E-state index in [0.717, 1.165) is 12.1 Å². The summed E-state index contributed by atoms with van der Waals surface area (Å²) >= 11 is 0. The molecule has 0 atom stereocenters. The molecule has 1 saturated heterocycles. The van der Waals surface area contributed by atoms with Gasteiger partial charge in [0, 0.05) is 19.1 Å². The minimum absolute atomic E-state index is 0.0393. The summed E-state index contributed by atoms with van der Waals surface area (Å²) in [6.07, 6.45) is 1.95. The number of nitrogens with zero attached hydrogens (tertiary/aromatic N) is 2. The average Bonchev–Trinajstić information content (AvgIpc) is 2.55. The van der Waals surface area contributed by atoms with Gasteiger partial charge in [-0.3, -0.25) is 4.79 Å². The lowest BCUT2D eigenvalue weighted by molar-refractivity contribution is -0.108. The van der Waals surface area contributed by atoms with Crippen LogP contribution in [0.2, 0.25) is 0 Å². The highest BCUT2D eigenvalue weighted by atomic mass is 16.6. The molecule has 0 aliphatic carbocycles. The van der Waals surface area contributed by atoms with Crippen LogP contribution in [0.25, 0.3) is 0 Å². The van der Waals surface area contributed by atoms with Gasteiger partial charge in [-0.15, -0.1) is 0 Å². The SMILES string of the molecule is COc1ccccc1N(C=O)C1CCN(C(=O)OC(C)(C)C)CC1. The average molecular weight is 334 g/mol. The first-order chi connectivity index (χ1) is 11.4. The number of methoxy groups -OCH3 is 1. The Hall–Kier alpha value is -2.24. The number of para-hydroxylation sites is 2. The minimum atomic E-state index is -0.500. The fourth-order valence-electron chi connectivity index (χ4n) is 2.84. The summed E-state index contributed by atoms with van der Waals surface area (Å²) in [7, 11) is 1.59. The lowest BCUT2D eigenvalue weighted by Crippen LogP contribution is -2.47. The molecule has 2 rings (SSSR count). The zero-order chi connectivity index (χ0) is 17.7. The Kier molecular flexibility index (Phi) is 5.70. The van der Waals surface area contributed by atoms with Crippen LogP contribution in [0.3, 0.4) is 0 Å². The highest BCUT2D eigenvalue weighted by Gasteiger charge is 2.30. The van der Waals surface area contributed by atoms with Gasteiger partial charge in [-0.05, 0) is 45.7 Å². The second-order valence-corrected chi connectivity index (χ2v) is 6.88. The molecule has 6 heteroatoms. The van der Waals surface area contributed by atoms with Crippen molar-refractivity contribution in [2.24, 2.45) is 0 Å². The normalized spacial score (nSPS) is 15.8. The highest BCUT2D eigenvalue weighted by molar-refractivity contribution is 5.79. The molecule has 0 radical (unpaired) electrons. The summed E-state index contributed by atoms with van der Waals surface area (Å²) in [5.74, 6) is 0.666. The predicted octanol–water partition coefficient (Wildman–Crippen LogP) is 3.06. The van der Waals surface area contributed by atoms with Gasteiger partial charge in [0.15, 0.2) is 0 Å². The van der Waals surface area contributed by atoms with Gasteiger partial charge in [0.1, 0.15) is 11.4 Å². The van der Waals surface area contributed by atoms with Gasteiger partial charge in [-0.2, -0.15) is 0 Å². The number of hydrogen-bond acceptors (Lipinski definition) is 4. The second kappa shape index (κ2) is 7.55. The van der Waals surface area contributed by atoms with Crippen LogP contribution in [-0.4, -0.2) is 49.2 Å². The van der Waals surface area contributed by atoms with Crippen molar-refractivity contribution in [1.82, 2.24) is 4.90 Å². The van der Waals surface area contributed by atoms with Crippen LogP contribution in [0, 0.1) is 0 Å². The summed E-state index contributed by atoms with van der Waals surface area (Å²) in [5.41, 5.74) is 0.255. The van der Waals surface area contributed by atoms with Crippen LogP contribution in [-0.2, 0) is 9.53 Å². The van der Waals surface area contributed by atoms with Crippen LogP contribution in [0.1, 0.15) is 33.6 Å². The van der Waals surface area contributed by atoms with E-state index in [-0.39, 0.29) is 12.1 Å². The fraction of sp³-hybridized carbons (Fsp3) is 0.556. The molecule has 132 valence electrons. The van der Waals surface area contributed by atoms with Gasteiger partial charge < -0.3 is 19.3 Å². The monoisotopic (exact) mass is 334 g/mol. The van der Waals surface area contributed by atoms with Crippen molar-refractivity contribution in [2.45, 2.75) is 45.3 Å². The molecule has 1 fully saturated rings. The van der Waals surface area contributed by atoms with E-state index in [0.29, 0.717) is 31.7 Å². The van der Waals surface area contributed by atoms with Crippen LogP contribution >= 0.6 is 0 Å². The number of piperidine rings is 1. The number of rotatable bonds is 4. The molecular weight excluding hydrogens is 308 g/mol. The molecule has 1 aliphatic heterocycles. The molecule has 0 aromatic heterocycles. The summed E-state index contributed by atoms with van der Waals surface area (Å²) in [5, 5.41) is 0. The maximum atomic E-state index is 12.1. The molecule has 0 saturated carbocycles. The van der Waals surface area contributed by atoms with E-state index in [1.165, 1.54) is 0 Å². The van der Waals surface area contributed by atoms with Crippen molar-refractivity contribution in [3.63, 3.8) is 0 Å². The number of ether oxygens (including phenoxy) is 2. The van der Waals surface area contributed by atoms with E-state index in [1.807, 2.05) is 45.0 Å². The molecule has 1 aromatic rings. The smallest absolute Gasteiger partial charge is 0.410 e. The van der Waals surface area contributed by atoms with Gasteiger partial charge in [-0.25, -0.2) is 4.79 Å². The largest absolute Gasteiger partial charge is 0.495 e. The first kappa shape index (κ1) is 18.1. The van der Waals surface area contributed by atoms with E-state index in [4.69, 9.17) is 9.47 Å². The molecule has 6 nitrogen and oxygen atoms in total. The van der Waals surface area contributed by atoms with Crippen LogP contribution < -0.4 is 9.64 Å². The van der Waals surface area contributed by atoms with Gasteiger partial charge in [-0.1, -0.05) is 12.1 Å². The third-order valence-electron chi connectivity index (χ3n) is 3.99. The number of carbonyl (C=O) groups excluding carboxylic acids is 2. The standard InChI is InChI=1S/C18H26N2O4/c1-18(2,3)24-17(22)19-11-9-14(10-12-19)20(13-21)15-7-5-6-8-16(15)23-4/h5-8,13-14H,9-12H2,1-4H3.